The van der Waals surface area contributed by atoms with Gasteiger partial charge in [0.05, 0.1) is 6.04 Å². The summed E-state index contributed by atoms with van der Waals surface area (Å²) in [5, 5.41) is 11.4. The molecule has 0 aliphatic carbocycles. The van der Waals surface area contributed by atoms with Gasteiger partial charge in [0.2, 0.25) is 0 Å². The van der Waals surface area contributed by atoms with E-state index in [1.54, 1.807) is 0 Å². The fourth-order valence-electron chi connectivity index (χ4n) is 0.540. The lowest BCUT2D eigenvalue weighted by Crippen LogP contribution is -1.90. The molecule has 0 aromatic heterocycles. The van der Waals surface area contributed by atoms with Gasteiger partial charge in [0, 0.05) is 0 Å². The Labute approximate surface area is 42.8 Å². The van der Waals surface area contributed by atoms with Gasteiger partial charge in [-0.2, -0.15) is 0 Å². The quantitative estimate of drug-likeness (QED) is 0.354. The number of aliphatic hydroxyl groups is 1. The van der Waals surface area contributed by atoms with Gasteiger partial charge >= 0.3 is 0 Å². The molecule has 0 saturated carbocycles. The third kappa shape index (κ3) is 0.813. The summed E-state index contributed by atoms with van der Waals surface area (Å²) in [6.07, 6.45) is -0.308. The minimum atomic E-state index is -0.308. The van der Waals surface area contributed by atoms with Crippen LogP contribution < -0.4 is 5.32 Å². The van der Waals surface area contributed by atoms with Crippen LogP contribution in [0.4, 0.5) is 0 Å². The maximum absolute atomic E-state index is 8.62. The third-order valence-electron chi connectivity index (χ3n) is 1.09. The maximum atomic E-state index is 8.62. The highest BCUT2D eigenvalue weighted by Crippen LogP contribution is 2.13. The van der Waals surface area contributed by atoms with Crippen molar-refractivity contribution in [2.75, 3.05) is 0 Å². The van der Waals surface area contributed by atoms with Crippen molar-refractivity contribution in [3.05, 3.63) is 12.2 Å². The van der Waals surface area contributed by atoms with Crippen molar-refractivity contribution < 1.29 is 5.11 Å². The minimum Gasteiger partial charge on any atom is -0.377 e. The molecule has 0 amide bonds. The molecule has 1 saturated heterocycles. The van der Waals surface area contributed by atoms with Gasteiger partial charge in [-0.1, -0.05) is 12.2 Å². The first-order valence-electron chi connectivity index (χ1n) is 2.31. The Hall–Kier alpha value is -0.340. The SMILES string of the molecule is C=C(C)C1NC1O. The lowest BCUT2D eigenvalue weighted by molar-refractivity contribution is 0.267. The molecule has 40 valence electrons. The number of hydrogen-bond acceptors (Lipinski definition) is 2. The van der Waals surface area contributed by atoms with E-state index in [1.807, 2.05) is 6.92 Å². The van der Waals surface area contributed by atoms with Gasteiger partial charge in [-0.15, -0.1) is 0 Å². The van der Waals surface area contributed by atoms with Crippen molar-refractivity contribution in [2.45, 2.75) is 19.2 Å². The van der Waals surface area contributed by atoms with Gasteiger partial charge in [0.1, 0.15) is 6.23 Å². The Morgan fingerprint density at radius 3 is 2.29 bits per heavy atom. The summed E-state index contributed by atoms with van der Waals surface area (Å²) >= 11 is 0. The van der Waals surface area contributed by atoms with Crippen LogP contribution >= 0.6 is 0 Å². The first-order chi connectivity index (χ1) is 3.22. The summed E-state index contributed by atoms with van der Waals surface area (Å²) in [5.74, 6) is 0. The molecule has 1 fully saturated rings. The van der Waals surface area contributed by atoms with Crippen molar-refractivity contribution in [1.82, 2.24) is 5.32 Å². The number of rotatable bonds is 1. The molecule has 1 rings (SSSR count). The average Bonchev–Trinajstić information content (AvgIpc) is 2.17. The predicted molar refractivity (Wildman–Crippen MR) is 27.7 cm³/mol. The van der Waals surface area contributed by atoms with Crippen LogP contribution in [0.5, 0.6) is 0 Å². The highest BCUT2D eigenvalue weighted by Gasteiger charge is 2.33. The number of nitrogens with one attached hydrogen (secondary N) is 1. The lowest BCUT2D eigenvalue weighted by Gasteiger charge is -1.84. The molecule has 7 heavy (non-hydrogen) atoms. The van der Waals surface area contributed by atoms with E-state index < -0.39 is 0 Å². The van der Waals surface area contributed by atoms with Gasteiger partial charge in [0.15, 0.2) is 0 Å². The molecule has 1 aliphatic rings. The monoisotopic (exact) mass is 99.1 g/mol. The van der Waals surface area contributed by atoms with Gasteiger partial charge in [0.25, 0.3) is 0 Å². The van der Waals surface area contributed by atoms with E-state index in [0.717, 1.165) is 5.57 Å². The third-order valence-corrected chi connectivity index (χ3v) is 1.09. The molecule has 1 aliphatic heterocycles. The molecule has 1 heterocycles. The Balaban J connectivity index is 2.33. The van der Waals surface area contributed by atoms with Gasteiger partial charge < -0.3 is 5.11 Å². The van der Waals surface area contributed by atoms with Crippen LogP contribution in [0.3, 0.4) is 0 Å². The lowest BCUT2D eigenvalue weighted by atomic mass is 10.2. The molecule has 2 atom stereocenters. The fraction of sp³-hybridized carbons (Fsp3) is 0.600. The van der Waals surface area contributed by atoms with Gasteiger partial charge in [-0.05, 0) is 6.92 Å². The van der Waals surface area contributed by atoms with Crippen LogP contribution in [-0.2, 0) is 0 Å². The molecular formula is C5H9NO. The minimum absolute atomic E-state index is 0.181. The van der Waals surface area contributed by atoms with Gasteiger partial charge in [-0.3, -0.25) is 5.32 Å². The molecule has 2 heteroatoms. The summed E-state index contributed by atoms with van der Waals surface area (Å²) in [4.78, 5) is 0. The maximum Gasteiger partial charge on any atom is 0.124 e. The molecule has 0 bridgehead atoms. The Bertz CT molecular complexity index is 100. The summed E-state index contributed by atoms with van der Waals surface area (Å²) in [7, 11) is 0. The van der Waals surface area contributed by atoms with Gasteiger partial charge in [-0.25, -0.2) is 0 Å². The van der Waals surface area contributed by atoms with E-state index in [2.05, 4.69) is 11.9 Å². The Kier molecular flexibility index (Phi) is 0.905. The standard InChI is InChI=1S/C5H9NO/c1-3(2)4-5(7)6-4/h4-7H,1H2,2H3. The number of aliphatic hydroxyl groups excluding tert-OH is 1. The first kappa shape index (κ1) is 4.81. The predicted octanol–water partition coefficient (Wildman–Crippen LogP) is -0.147. The van der Waals surface area contributed by atoms with Crippen molar-refractivity contribution in [3.8, 4) is 0 Å². The van der Waals surface area contributed by atoms with Crippen molar-refractivity contribution >= 4 is 0 Å². The topological polar surface area (TPSA) is 42.2 Å². The average molecular weight is 99.1 g/mol. The molecule has 2 N–H and O–H groups in total. The summed E-state index contributed by atoms with van der Waals surface area (Å²) in [6, 6.07) is 0.181. The zero-order chi connectivity index (χ0) is 5.44. The van der Waals surface area contributed by atoms with Crippen LogP contribution in [0.1, 0.15) is 6.92 Å². The Morgan fingerprint density at radius 2 is 2.29 bits per heavy atom. The summed E-state index contributed by atoms with van der Waals surface area (Å²) in [6.45, 7) is 5.54. The molecule has 0 radical (unpaired) electrons. The summed E-state index contributed by atoms with van der Waals surface area (Å²) in [5.41, 5.74) is 1.01. The van der Waals surface area contributed by atoms with E-state index in [9.17, 15) is 0 Å². The van der Waals surface area contributed by atoms with E-state index in [-0.39, 0.29) is 12.3 Å². The zero-order valence-electron chi connectivity index (χ0n) is 4.31. The molecule has 2 nitrogen and oxygen atoms in total. The van der Waals surface area contributed by atoms with E-state index >= 15 is 0 Å². The summed E-state index contributed by atoms with van der Waals surface area (Å²) < 4.78 is 0. The van der Waals surface area contributed by atoms with Crippen LogP contribution in [0, 0.1) is 0 Å². The van der Waals surface area contributed by atoms with E-state index in [1.165, 1.54) is 0 Å². The smallest absolute Gasteiger partial charge is 0.124 e. The van der Waals surface area contributed by atoms with Crippen LogP contribution in [0.25, 0.3) is 0 Å². The number of hydrogen-bond donors (Lipinski definition) is 2. The van der Waals surface area contributed by atoms with E-state index in [4.69, 9.17) is 5.11 Å². The van der Waals surface area contributed by atoms with Crippen LogP contribution in [-0.4, -0.2) is 17.4 Å². The Morgan fingerprint density at radius 1 is 1.86 bits per heavy atom. The molecule has 0 spiro atoms. The van der Waals surface area contributed by atoms with Crippen molar-refractivity contribution in [2.24, 2.45) is 0 Å². The first-order valence-corrected chi connectivity index (χ1v) is 2.31. The van der Waals surface area contributed by atoms with Crippen molar-refractivity contribution in [1.29, 1.82) is 0 Å². The highest BCUT2D eigenvalue weighted by atomic mass is 16.3. The van der Waals surface area contributed by atoms with E-state index in [0.29, 0.717) is 0 Å². The molecule has 0 aromatic rings. The second-order valence-electron chi connectivity index (χ2n) is 1.94. The van der Waals surface area contributed by atoms with Crippen molar-refractivity contribution in [3.63, 3.8) is 0 Å². The molecule has 2 unspecified atom stereocenters. The van der Waals surface area contributed by atoms with Crippen LogP contribution in [0.2, 0.25) is 0 Å². The second kappa shape index (κ2) is 1.32. The fourth-order valence-corrected chi connectivity index (χ4v) is 0.540. The largest absolute Gasteiger partial charge is 0.377 e. The van der Waals surface area contributed by atoms with Crippen LogP contribution in [0.15, 0.2) is 12.2 Å². The normalized spacial score (nSPS) is 38.0. The highest BCUT2D eigenvalue weighted by molar-refractivity contribution is 5.13. The zero-order valence-corrected chi connectivity index (χ0v) is 4.31. The molecule has 0 aromatic carbocycles. The molecular weight excluding hydrogens is 90.1 g/mol. The second-order valence-corrected chi connectivity index (χ2v) is 1.94.